The highest BCUT2D eigenvalue weighted by molar-refractivity contribution is 5.88. The van der Waals surface area contributed by atoms with Crippen LogP contribution in [0.2, 0.25) is 0 Å². The van der Waals surface area contributed by atoms with Crippen molar-refractivity contribution in [3.63, 3.8) is 0 Å². The molecule has 3 rings (SSSR count). The van der Waals surface area contributed by atoms with E-state index in [9.17, 15) is 9.59 Å². The van der Waals surface area contributed by atoms with Crippen molar-refractivity contribution in [2.45, 2.75) is 52.0 Å². The van der Waals surface area contributed by atoms with Gasteiger partial charge in [-0.05, 0) is 44.2 Å². The molecule has 28 heavy (non-hydrogen) atoms. The Morgan fingerprint density at radius 1 is 1.14 bits per heavy atom. The first-order valence-corrected chi connectivity index (χ1v) is 10.1. The maximum absolute atomic E-state index is 13.0. The zero-order chi connectivity index (χ0) is 20.1. The van der Waals surface area contributed by atoms with Crippen LogP contribution in [0.3, 0.4) is 0 Å². The summed E-state index contributed by atoms with van der Waals surface area (Å²) >= 11 is 0. The SMILES string of the molecule is Cc1nn(C)c(C)c1CCC(=O)NC(Cc1ccccc1)C(=O)N1CCCC1. The lowest BCUT2D eigenvalue weighted by Crippen LogP contribution is -2.49. The maximum atomic E-state index is 13.0. The summed E-state index contributed by atoms with van der Waals surface area (Å²) in [6.45, 7) is 5.56. The highest BCUT2D eigenvalue weighted by Gasteiger charge is 2.28. The van der Waals surface area contributed by atoms with E-state index < -0.39 is 6.04 Å². The molecule has 6 heteroatoms. The third-order valence-corrected chi connectivity index (χ3v) is 5.59. The molecule has 0 aliphatic carbocycles. The first kappa shape index (κ1) is 20.1. The topological polar surface area (TPSA) is 67.2 Å². The van der Waals surface area contributed by atoms with Gasteiger partial charge < -0.3 is 10.2 Å². The average molecular weight is 383 g/mol. The Morgan fingerprint density at radius 3 is 2.43 bits per heavy atom. The van der Waals surface area contributed by atoms with E-state index in [1.165, 1.54) is 0 Å². The molecule has 1 aromatic carbocycles. The van der Waals surface area contributed by atoms with Gasteiger partial charge in [0.2, 0.25) is 11.8 Å². The molecule has 0 saturated carbocycles. The maximum Gasteiger partial charge on any atom is 0.245 e. The Bertz CT molecular complexity index is 823. The molecule has 150 valence electrons. The van der Waals surface area contributed by atoms with E-state index in [1.54, 1.807) is 0 Å². The van der Waals surface area contributed by atoms with Crippen LogP contribution in [0.5, 0.6) is 0 Å². The van der Waals surface area contributed by atoms with Crippen molar-refractivity contribution in [3.05, 3.63) is 52.8 Å². The largest absolute Gasteiger partial charge is 0.344 e. The van der Waals surface area contributed by atoms with E-state index in [4.69, 9.17) is 0 Å². The van der Waals surface area contributed by atoms with Gasteiger partial charge in [0.15, 0.2) is 0 Å². The fraction of sp³-hybridized carbons (Fsp3) is 0.500. The quantitative estimate of drug-likeness (QED) is 0.799. The standard InChI is InChI=1S/C22H30N4O2/c1-16-19(17(2)25(3)24-16)11-12-21(27)23-20(15-18-9-5-4-6-10-18)22(28)26-13-7-8-14-26/h4-6,9-10,20H,7-8,11-15H2,1-3H3,(H,23,27). The number of aryl methyl sites for hydroxylation is 2. The molecule has 1 atom stereocenters. The van der Waals surface area contributed by atoms with Crippen molar-refractivity contribution in [2.75, 3.05) is 13.1 Å². The third-order valence-electron chi connectivity index (χ3n) is 5.59. The number of likely N-dealkylation sites (tertiary alicyclic amines) is 1. The molecular formula is C22H30N4O2. The van der Waals surface area contributed by atoms with Crippen LogP contribution in [0, 0.1) is 13.8 Å². The average Bonchev–Trinajstić information content (AvgIpc) is 3.29. The fourth-order valence-electron chi connectivity index (χ4n) is 3.89. The first-order valence-electron chi connectivity index (χ1n) is 10.1. The highest BCUT2D eigenvalue weighted by atomic mass is 16.2. The summed E-state index contributed by atoms with van der Waals surface area (Å²) in [7, 11) is 1.91. The predicted molar refractivity (Wildman–Crippen MR) is 109 cm³/mol. The molecule has 2 heterocycles. The smallest absolute Gasteiger partial charge is 0.245 e. The summed E-state index contributed by atoms with van der Waals surface area (Å²) in [5, 5.41) is 7.41. The highest BCUT2D eigenvalue weighted by Crippen LogP contribution is 2.15. The first-order chi connectivity index (χ1) is 13.5. The second-order valence-corrected chi connectivity index (χ2v) is 7.62. The lowest BCUT2D eigenvalue weighted by atomic mass is 10.0. The van der Waals surface area contributed by atoms with Crippen LogP contribution >= 0.6 is 0 Å². The molecular weight excluding hydrogens is 352 g/mol. The Kier molecular flexibility index (Phi) is 6.49. The number of carbonyl (C=O) groups excluding carboxylic acids is 2. The Morgan fingerprint density at radius 2 is 1.82 bits per heavy atom. The van der Waals surface area contributed by atoms with E-state index in [1.807, 2.05) is 60.8 Å². The molecule has 1 fully saturated rings. The van der Waals surface area contributed by atoms with Gasteiger partial charge >= 0.3 is 0 Å². The van der Waals surface area contributed by atoms with Crippen LogP contribution in [0.15, 0.2) is 30.3 Å². The molecule has 1 aromatic heterocycles. The molecule has 1 aliphatic rings. The van der Waals surface area contributed by atoms with Crippen LogP contribution in [0.1, 0.15) is 41.8 Å². The number of nitrogens with one attached hydrogen (secondary N) is 1. The van der Waals surface area contributed by atoms with Crippen LogP contribution < -0.4 is 5.32 Å². The summed E-state index contributed by atoms with van der Waals surface area (Å²) in [6, 6.07) is 9.37. The predicted octanol–water partition coefficient (Wildman–Crippen LogP) is 2.32. The van der Waals surface area contributed by atoms with Crippen LogP contribution in [0.4, 0.5) is 0 Å². The van der Waals surface area contributed by atoms with E-state index in [-0.39, 0.29) is 11.8 Å². The van der Waals surface area contributed by atoms with E-state index in [2.05, 4.69) is 10.4 Å². The molecule has 6 nitrogen and oxygen atoms in total. The number of benzene rings is 1. The molecule has 1 N–H and O–H groups in total. The normalized spacial score (nSPS) is 14.9. The second kappa shape index (κ2) is 9.04. The summed E-state index contributed by atoms with van der Waals surface area (Å²) in [5.74, 6) is -0.0560. The zero-order valence-corrected chi connectivity index (χ0v) is 17.1. The Hall–Kier alpha value is -2.63. The number of aromatic nitrogens is 2. The third kappa shape index (κ3) is 4.80. The van der Waals surface area contributed by atoms with Gasteiger partial charge in [-0.2, -0.15) is 5.10 Å². The van der Waals surface area contributed by atoms with Crippen molar-refractivity contribution >= 4 is 11.8 Å². The Balaban J connectivity index is 1.65. The van der Waals surface area contributed by atoms with Crippen molar-refractivity contribution in [1.82, 2.24) is 20.0 Å². The van der Waals surface area contributed by atoms with Gasteiger partial charge in [-0.3, -0.25) is 14.3 Å². The van der Waals surface area contributed by atoms with Crippen molar-refractivity contribution in [3.8, 4) is 0 Å². The number of hydrogen-bond donors (Lipinski definition) is 1. The van der Waals surface area contributed by atoms with Crippen molar-refractivity contribution in [1.29, 1.82) is 0 Å². The van der Waals surface area contributed by atoms with E-state index in [0.717, 1.165) is 48.4 Å². The molecule has 2 amide bonds. The lowest BCUT2D eigenvalue weighted by molar-refractivity contribution is -0.135. The number of carbonyl (C=O) groups is 2. The second-order valence-electron chi connectivity index (χ2n) is 7.62. The summed E-state index contributed by atoms with van der Waals surface area (Å²) in [4.78, 5) is 27.5. The van der Waals surface area contributed by atoms with Crippen LogP contribution in [0.25, 0.3) is 0 Å². The minimum atomic E-state index is -0.510. The molecule has 1 aliphatic heterocycles. The summed E-state index contributed by atoms with van der Waals surface area (Å²) in [6.07, 6.45) is 3.58. The van der Waals surface area contributed by atoms with Gasteiger partial charge in [-0.1, -0.05) is 30.3 Å². The molecule has 0 radical (unpaired) electrons. The summed E-state index contributed by atoms with van der Waals surface area (Å²) in [5.41, 5.74) is 4.21. The van der Waals surface area contributed by atoms with E-state index in [0.29, 0.717) is 19.3 Å². The molecule has 0 bridgehead atoms. The van der Waals surface area contributed by atoms with Gasteiger partial charge in [0.1, 0.15) is 6.04 Å². The van der Waals surface area contributed by atoms with Crippen molar-refractivity contribution < 1.29 is 9.59 Å². The minimum absolute atomic E-state index is 0.0310. The number of amides is 2. The molecule has 1 saturated heterocycles. The monoisotopic (exact) mass is 382 g/mol. The van der Waals surface area contributed by atoms with Crippen molar-refractivity contribution in [2.24, 2.45) is 7.05 Å². The molecule has 0 spiro atoms. The molecule has 2 aromatic rings. The zero-order valence-electron chi connectivity index (χ0n) is 17.1. The number of nitrogens with zero attached hydrogens (tertiary/aromatic N) is 3. The fourth-order valence-corrected chi connectivity index (χ4v) is 3.89. The number of hydrogen-bond acceptors (Lipinski definition) is 3. The summed E-state index contributed by atoms with van der Waals surface area (Å²) < 4.78 is 1.84. The number of rotatable bonds is 7. The molecule has 1 unspecified atom stereocenters. The minimum Gasteiger partial charge on any atom is -0.344 e. The van der Waals surface area contributed by atoms with Gasteiger partial charge in [-0.15, -0.1) is 0 Å². The van der Waals surface area contributed by atoms with Gasteiger partial charge in [0, 0.05) is 38.7 Å². The van der Waals surface area contributed by atoms with E-state index >= 15 is 0 Å². The lowest BCUT2D eigenvalue weighted by Gasteiger charge is -2.24. The van der Waals surface area contributed by atoms with Crippen LogP contribution in [-0.4, -0.2) is 45.6 Å². The van der Waals surface area contributed by atoms with Gasteiger partial charge in [-0.25, -0.2) is 0 Å². The van der Waals surface area contributed by atoms with Gasteiger partial charge in [0.05, 0.1) is 5.69 Å². The Labute approximate surface area is 166 Å². The van der Waals surface area contributed by atoms with Crippen LogP contribution in [-0.2, 0) is 29.5 Å². The van der Waals surface area contributed by atoms with Gasteiger partial charge in [0.25, 0.3) is 0 Å².